The molecule has 1 amide bonds. The van der Waals surface area contributed by atoms with Crippen LogP contribution < -0.4 is 14.8 Å². The molecule has 1 fully saturated rings. The molecule has 6 heteroatoms. The number of carboxylic acids is 1. The van der Waals surface area contributed by atoms with E-state index in [-0.39, 0.29) is 12.6 Å². The maximum atomic E-state index is 12.6. The third kappa shape index (κ3) is 3.30. The minimum absolute atomic E-state index is 0.128. The fourth-order valence-electron chi connectivity index (χ4n) is 3.77. The van der Waals surface area contributed by atoms with E-state index >= 15 is 0 Å². The number of aliphatic carboxylic acids is 1. The zero-order valence-corrected chi connectivity index (χ0v) is 14.8. The van der Waals surface area contributed by atoms with E-state index in [9.17, 15) is 14.7 Å². The molecule has 0 spiro atoms. The summed E-state index contributed by atoms with van der Waals surface area (Å²) in [5.41, 5.74) is 0.624. The molecule has 3 rings (SSSR count). The monoisotopic (exact) mass is 347 g/mol. The molecule has 1 saturated carbocycles. The summed E-state index contributed by atoms with van der Waals surface area (Å²) in [6.07, 6.45) is 3.31. The summed E-state index contributed by atoms with van der Waals surface area (Å²) < 4.78 is 11.5. The van der Waals surface area contributed by atoms with Crippen molar-refractivity contribution in [3.63, 3.8) is 0 Å². The van der Waals surface area contributed by atoms with Crippen molar-refractivity contribution in [1.29, 1.82) is 0 Å². The SMILES string of the molecule is CCOc1cc2c(cc1CNC(=O)C1(C(=O)O)CCCC1)OC(C)C2. The molecule has 1 aliphatic carbocycles. The summed E-state index contributed by atoms with van der Waals surface area (Å²) in [6.45, 7) is 4.68. The minimum Gasteiger partial charge on any atom is -0.494 e. The van der Waals surface area contributed by atoms with Crippen LogP contribution in [0.15, 0.2) is 12.1 Å². The maximum absolute atomic E-state index is 12.6. The molecule has 1 heterocycles. The molecule has 0 radical (unpaired) electrons. The highest BCUT2D eigenvalue weighted by Gasteiger charge is 2.48. The van der Waals surface area contributed by atoms with Crippen LogP contribution in [0.4, 0.5) is 0 Å². The lowest BCUT2D eigenvalue weighted by molar-refractivity contribution is -0.155. The highest BCUT2D eigenvalue weighted by Crippen LogP contribution is 2.39. The smallest absolute Gasteiger partial charge is 0.319 e. The Kier molecular flexibility index (Phi) is 4.88. The van der Waals surface area contributed by atoms with Crippen molar-refractivity contribution in [3.05, 3.63) is 23.3 Å². The van der Waals surface area contributed by atoms with E-state index in [0.29, 0.717) is 19.4 Å². The molecule has 136 valence electrons. The van der Waals surface area contributed by atoms with Gasteiger partial charge in [-0.3, -0.25) is 9.59 Å². The van der Waals surface area contributed by atoms with Crippen molar-refractivity contribution in [2.75, 3.05) is 6.61 Å². The van der Waals surface area contributed by atoms with Crippen LogP contribution in [0.2, 0.25) is 0 Å². The van der Waals surface area contributed by atoms with E-state index in [0.717, 1.165) is 41.9 Å². The van der Waals surface area contributed by atoms with Crippen LogP contribution in [-0.2, 0) is 22.6 Å². The Hall–Kier alpha value is -2.24. The first kappa shape index (κ1) is 17.6. The summed E-state index contributed by atoms with van der Waals surface area (Å²) in [6, 6.07) is 3.86. The fourth-order valence-corrected chi connectivity index (χ4v) is 3.77. The Morgan fingerprint density at radius 3 is 2.72 bits per heavy atom. The zero-order valence-electron chi connectivity index (χ0n) is 14.8. The Bertz CT molecular complexity index is 679. The van der Waals surface area contributed by atoms with Crippen LogP contribution in [-0.4, -0.2) is 29.7 Å². The standard InChI is InChI=1S/C19H25NO5/c1-3-24-15-9-13-8-12(2)25-16(13)10-14(15)11-20-17(21)19(18(22)23)6-4-5-7-19/h9-10,12H,3-8,11H2,1-2H3,(H,20,21)(H,22,23). The van der Waals surface area contributed by atoms with Crippen LogP contribution >= 0.6 is 0 Å². The Morgan fingerprint density at radius 2 is 2.08 bits per heavy atom. The van der Waals surface area contributed by atoms with Crippen molar-refractivity contribution in [1.82, 2.24) is 5.32 Å². The first-order valence-electron chi connectivity index (χ1n) is 8.93. The lowest BCUT2D eigenvalue weighted by atomic mass is 9.85. The quantitative estimate of drug-likeness (QED) is 0.773. The van der Waals surface area contributed by atoms with Gasteiger partial charge in [-0.1, -0.05) is 12.8 Å². The van der Waals surface area contributed by atoms with Gasteiger partial charge in [0.25, 0.3) is 0 Å². The van der Waals surface area contributed by atoms with Crippen LogP contribution in [0.5, 0.6) is 11.5 Å². The molecule has 1 atom stereocenters. The van der Waals surface area contributed by atoms with E-state index in [4.69, 9.17) is 9.47 Å². The number of hydrogen-bond acceptors (Lipinski definition) is 4. The Morgan fingerprint density at radius 1 is 1.36 bits per heavy atom. The third-order valence-corrected chi connectivity index (χ3v) is 5.12. The summed E-state index contributed by atoms with van der Waals surface area (Å²) >= 11 is 0. The predicted molar refractivity (Wildman–Crippen MR) is 91.8 cm³/mol. The maximum Gasteiger partial charge on any atom is 0.319 e. The number of carbonyl (C=O) groups is 2. The van der Waals surface area contributed by atoms with E-state index in [1.165, 1.54) is 0 Å². The minimum atomic E-state index is -1.28. The van der Waals surface area contributed by atoms with Gasteiger partial charge in [-0.15, -0.1) is 0 Å². The Balaban J connectivity index is 1.77. The van der Waals surface area contributed by atoms with Crippen molar-refractivity contribution in [2.24, 2.45) is 5.41 Å². The van der Waals surface area contributed by atoms with Crippen molar-refractivity contribution < 1.29 is 24.2 Å². The number of nitrogens with one attached hydrogen (secondary N) is 1. The van der Waals surface area contributed by atoms with E-state index < -0.39 is 17.3 Å². The largest absolute Gasteiger partial charge is 0.494 e. The van der Waals surface area contributed by atoms with Crippen molar-refractivity contribution >= 4 is 11.9 Å². The first-order valence-corrected chi connectivity index (χ1v) is 8.93. The lowest BCUT2D eigenvalue weighted by Crippen LogP contribution is -2.44. The van der Waals surface area contributed by atoms with E-state index in [1.54, 1.807) is 0 Å². The topological polar surface area (TPSA) is 84.9 Å². The molecule has 2 N–H and O–H groups in total. The molecule has 2 aliphatic rings. The summed E-state index contributed by atoms with van der Waals surface area (Å²) in [5, 5.41) is 12.3. The second-order valence-electron chi connectivity index (χ2n) is 6.91. The number of fused-ring (bicyclic) bond motifs is 1. The van der Waals surface area contributed by atoms with Crippen LogP contribution in [0.1, 0.15) is 50.7 Å². The number of hydrogen-bond donors (Lipinski definition) is 2. The number of rotatable bonds is 6. The number of carbonyl (C=O) groups excluding carboxylic acids is 1. The van der Waals surface area contributed by atoms with Gasteiger partial charge >= 0.3 is 5.97 Å². The number of amides is 1. The van der Waals surface area contributed by atoms with Crippen molar-refractivity contribution in [2.45, 2.75) is 58.6 Å². The highest BCUT2D eigenvalue weighted by molar-refractivity contribution is 6.02. The molecule has 0 bridgehead atoms. The normalized spacial score (nSPS) is 20.6. The summed E-state index contributed by atoms with van der Waals surface area (Å²) in [7, 11) is 0. The molecular formula is C19H25NO5. The van der Waals surface area contributed by atoms with Gasteiger partial charge in [-0.05, 0) is 38.8 Å². The molecule has 1 aromatic rings. The number of benzene rings is 1. The summed E-state index contributed by atoms with van der Waals surface area (Å²) in [4.78, 5) is 24.2. The average molecular weight is 347 g/mol. The van der Waals surface area contributed by atoms with E-state index in [1.807, 2.05) is 26.0 Å². The second-order valence-corrected chi connectivity index (χ2v) is 6.91. The second kappa shape index (κ2) is 6.94. The lowest BCUT2D eigenvalue weighted by Gasteiger charge is -2.23. The molecule has 0 saturated heterocycles. The van der Waals surface area contributed by atoms with E-state index in [2.05, 4.69) is 5.32 Å². The molecule has 1 unspecified atom stereocenters. The van der Waals surface area contributed by atoms with Gasteiger partial charge < -0.3 is 19.9 Å². The molecular weight excluding hydrogens is 322 g/mol. The van der Waals surface area contributed by atoms with Gasteiger partial charge in [0.05, 0.1) is 6.61 Å². The molecule has 25 heavy (non-hydrogen) atoms. The number of carboxylic acid groups (broad SMARTS) is 1. The van der Waals surface area contributed by atoms with Gasteiger partial charge in [0.1, 0.15) is 23.0 Å². The molecule has 1 aliphatic heterocycles. The fraction of sp³-hybridized carbons (Fsp3) is 0.579. The number of ether oxygens (including phenoxy) is 2. The van der Waals surface area contributed by atoms with Crippen LogP contribution in [0.3, 0.4) is 0 Å². The van der Waals surface area contributed by atoms with Gasteiger partial charge in [0.2, 0.25) is 5.91 Å². The Labute approximate surface area is 147 Å². The third-order valence-electron chi connectivity index (χ3n) is 5.12. The van der Waals surface area contributed by atoms with Gasteiger partial charge in [0, 0.05) is 24.1 Å². The molecule has 1 aromatic carbocycles. The molecule has 6 nitrogen and oxygen atoms in total. The first-order chi connectivity index (χ1) is 12.0. The summed E-state index contributed by atoms with van der Waals surface area (Å²) in [5.74, 6) is 0.0949. The van der Waals surface area contributed by atoms with Gasteiger partial charge in [-0.2, -0.15) is 0 Å². The van der Waals surface area contributed by atoms with Gasteiger partial charge in [-0.25, -0.2) is 0 Å². The highest BCUT2D eigenvalue weighted by atomic mass is 16.5. The zero-order chi connectivity index (χ0) is 18.0. The van der Waals surface area contributed by atoms with Gasteiger partial charge in [0.15, 0.2) is 0 Å². The van der Waals surface area contributed by atoms with Crippen LogP contribution in [0, 0.1) is 5.41 Å². The van der Waals surface area contributed by atoms with Crippen molar-refractivity contribution in [3.8, 4) is 11.5 Å². The predicted octanol–water partition coefficient (Wildman–Crippen LogP) is 2.67. The van der Waals surface area contributed by atoms with Crippen LogP contribution in [0.25, 0.3) is 0 Å². The molecule has 0 aromatic heterocycles. The average Bonchev–Trinajstić information content (AvgIpc) is 3.19.